The Labute approximate surface area is 139 Å². The van der Waals surface area contributed by atoms with E-state index in [1.165, 1.54) is 0 Å². The molecule has 1 aliphatic rings. The maximum absolute atomic E-state index is 12.7. The molecule has 1 saturated heterocycles. The molecule has 1 unspecified atom stereocenters. The van der Waals surface area contributed by atoms with Crippen LogP contribution in [0.2, 0.25) is 0 Å². The number of sulfonamides is 1. The summed E-state index contributed by atoms with van der Waals surface area (Å²) in [5.41, 5.74) is 2.38. The molecule has 0 spiro atoms. The van der Waals surface area contributed by atoms with Crippen LogP contribution in [0.4, 0.5) is 0 Å². The Morgan fingerprint density at radius 3 is 2.04 bits per heavy atom. The molecule has 1 N–H and O–H groups in total. The molecule has 2 rings (SSSR count). The Bertz CT molecular complexity index is 795. The molecule has 130 valence electrons. The number of hydrogen-bond donors (Lipinski definition) is 1. The molecule has 1 fully saturated rings. The van der Waals surface area contributed by atoms with E-state index in [4.69, 9.17) is 0 Å². The SMILES string of the molecule is Cc1cc(C(C)(C)C)cc(C)c1S(=O)(=O)NC1CCS(=O)(=O)C1. The zero-order chi connectivity index (χ0) is 17.6. The van der Waals surface area contributed by atoms with Crippen LogP contribution in [0, 0.1) is 13.8 Å². The van der Waals surface area contributed by atoms with E-state index in [0.717, 1.165) is 5.56 Å². The topological polar surface area (TPSA) is 80.3 Å². The highest BCUT2D eigenvalue weighted by Gasteiger charge is 2.32. The summed E-state index contributed by atoms with van der Waals surface area (Å²) < 4.78 is 51.0. The van der Waals surface area contributed by atoms with Gasteiger partial charge in [-0.25, -0.2) is 21.6 Å². The molecular weight excluding hydrogens is 334 g/mol. The number of nitrogens with one attached hydrogen (secondary N) is 1. The lowest BCUT2D eigenvalue weighted by Gasteiger charge is -2.23. The van der Waals surface area contributed by atoms with Crippen molar-refractivity contribution in [3.63, 3.8) is 0 Å². The van der Waals surface area contributed by atoms with Gasteiger partial charge in [0.25, 0.3) is 0 Å². The first-order valence-electron chi connectivity index (χ1n) is 7.66. The molecule has 0 bridgehead atoms. The first kappa shape index (κ1) is 18.4. The Morgan fingerprint density at radius 2 is 1.65 bits per heavy atom. The van der Waals surface area contributed by atoms with E-state index in [2.05, 4.69) is 25.5 Å². The van der Waals surface area contributed by atoms with Gasteiger partial charge in [-0.05, 0) is 42.4 Å². The van der Waals surface area contributed by atoms with Crippen LogP contribution < -0.4 is 4.72 Å². The van der Waals surface area contributed by atoms with E-state index in [1.807, 2.05) is 12.1 Å². The molecule has 1 atom stereocenters. The number of rotatable bonds is 3. The van der Waals surface area contributed by atoms with Crippen LogP contribution in [0.15, 0.2) is 17.0 Å². The lowest BCUT2D eigenvalue weighted by molar-refractivity contribution is 0.559. The van der Waals surface area contributed by atoms with Crippen LogP contribution in [-0.4, -0.2) is 34.4 Å². The van der Waals surface area contributed by atoms with Crippen molar-refractivity contribution >= 4 is 19.9 Å². The summed E-state index contributed by atoms with van der Waals surface area (Å²) in [6, 6.07) is 3.26. The average molecular weight is 360 g/mol. The standard InChI is InChI=1S/C16H25NO4S2/c1-11-8-13(16(3,4)5)9-12(2)15(11)23(20,21)17-14-6-7-22(18,19)10-14/h8-9,14,17H,6-7,10H2,1-5H3. The van der Waals surface area contributed by atoms with Gasteiger partial charge in [0.1, 0.15) is 0 Å². The van der Waals surface area contributed by atoms with Gasteiger partial charge in [0, 0.05) is 6.04 Å². The summed E-state index contributed by atoms with van der Waals surface area (Å²) >= 11 is 0. The van der Waals surface area contributed by atoms with Crippen molar-refractivity contribution in [3.8, 4) is 0 Å². The fourth-order valence-electron chi connectivity index (χ4n) is 2.97. The van der Waals surface area contributed by atoms with Gasteiger partial charge < -0.3 is 0 Å². The molecule has 23 heavy (non-hydrogen) atoms. The summed E-state index contributed by atoms with van der Waals surface area (Å²) in [5.74, 6) is -0.0779. The summed E-state index contributed by atoms with van der Waals surface area (Å²) in [5, 5.41) is 0. The largest absolute Gasteiger partial charge is 0.241 e. The molecule has 0 aromatic heterocycles. The van der Waals surface area contributed by atoms with E-state index >= 15 is 0 Å². The summed E-state index contributed by atoms with van der Waals surface area (Å²) in [6.45, 7) is 9.80. The molecule has 0 saturated carbocycles. The molecule has 0 radical (unpaired) electrons. The monoisotopic (exact) mass is 359 g/mol. The fourth-order valence-corrected chi connectivity index (χ4v) is 6.48. The van der Waals surface area contributed by atoms with Crippen molar-refractivity contribution < 1.29 is 16.8 Å². The fraction of sp³-hybridized carbons (Fsp3) is 0.625. The van der Waals surface area contributed by atoms with Gasteiger partial charge in [-0.3, -0.25) is 0 Å². The Balaban J connectivity index is 2.37. The van der Waals surface area contributed by atoms with Crippen LogP contribution in [0.5, 0.6) is 0 Å². The molecule has 1 aromatic rings. The predicted octanol–water partition coefficient (Wildman–Crippen LogP) is 2.07. The molecule has 7 heteroatoms. The van der Waals surface area contributed by atoms with Crippen molar-refractivity contribution in [1.82, 2.24) is 4.72 Å². The van der Waals surface area contributed by atoms with Crippen LogP contribution in [-0.2, 0) is 25.3 Å². The normalized spacial score (nSPS) is 21.5. The first-order valence-corrected chi connectivity index (χ1v) is 11.0. The molecule has 0 amide bonds. The lowest BCUT2D eigenvalue weighted by Crippen LogP contribution is -2.36. The van der Waals surface area contributed by atoms with Crippen molar-refractivity contribution in [2.75, 3.05) is 11.5 Å². The number of sulfone groups is 1. The quantitative estimate of drug-likeness (QED) is 0.896. The van der Waals surface area contributed by atoms with Gasteiger partial charge in [0.05, 0.1) is 16.4 Å². The zero-order valence-corrected chi connectivity index (χ0v) is 15.9. The van der Waals surface area contributed by atoms with Gasteiger partial charge in [0.15, 0.2) is 9.84 Å². The van der Waals surface area contributed by atoms with Crippen LogP contribution in [0.1, 0.15) is 43.9 Å². The Kier molecular flexibility index (Phi) is 4.69. The highest BCUT2D eigenvalue weighted by Crippen LogP contribution is 2.29. The maximum Gasteiger partial charge on any atom is 0.241 e. The molecule has 1 heterocycles. The van der Waals surface area contributed by atoms with E-state index < -0.39 is 25.9 Å². The third-order valence-electron chi connectivity index (χ3n) is 4.15. The Hall–Kier alpha value is -0.920. The lowest BCUT2D eigenvalue weighted by atomic mass is 9.85. The van der Waals surface area contributed by atoms with Gasteiger partial charge in [0.2, 0.25) is 10.0 Å². The smallest absolute Gasteiger partial charge is 0.229 e. The third kappa shape index (κ3) is 4.14. The molecule has 0 aliphatic carbocycles. The highest BCUT2D eigenvalue weighted by atomic mass is 32.2. The van der Waals surface area contributed by atoms with Crippen LogP contribution >= 0.6 is 0 Å². The van der Waals surface area contributed by atoms with Crippen molar-refractivity contribution in [2.45, 2.75) is 57.4 Å². The van der Waals surface area contributed by atoms with Gasteiger partial charge in [-0.2, -0.15) is 0 Å². The van der Waals surface area contributed by atoms with Crippen LogP contribution in [0.25, 0.3) is 0 Å². The molecule has 1 aliphatic heterocycles. The second-order valence-electron chi connectivity index (χ2n) is 7.41. The molecule has 1 aromatic carbocycles. The van der Waals surface area contributed by atoms with Crippen molar-refractivity contribution in [2.24, 2.45) is 0 Å². The van der Waals surface area contributed by atoms with Crippen molar-refractivity contribution in [1.29, 1.82) is 0 Å². The van der Waals surface area contributed by atoms with E-state index in [-0.39, 0.29) is 21.8 Å². The molecular formula is C16H25NO4S2. The third-order valence-corrected chi connectivity index (χ3v) is 7.74. The maximum atomic E-state index is 12.7. The average Bonchev–Trinajstić information content (AvgIpc) is 2.65. The number of aryl methyl sites for hydroxylation is 2. The second kappa shape index (κ2) is 5.86. The minimum atomic E-state index is -3.73. The summed E-state index contributed by atoms with van der Waals surface area (Å²) in [4.78, 5) is 0.259. The second-order valence-corrected chi connectivity index (χ2v) is 11.3. The summed E-state index contributed by atoms with van der Waals surface area (Å²) in [6.07, 6.45) is 0.333. The van der Waals surface area contributed by atoms with Crippen LogP contribution in [0.3, 0.4) is 0 Å². The van der Waals surface area contributed by atoms with E-state index in [0.29, 0.717) is 17.5 Å². The van der Waals surface area contributed by atoms with Crippen molar-refractivity contribution in [3.05, 3.63) is 28.8 Å². The van der Waals surface area contributed by atoms with Gasteiger partial charge >= 0.3 is 0 Å². The minimum absolute atomic E-state index is 0.0428. The minimum Gasteiger partial charge on any atom is -0.229 e. The number of benzene rings is 1. The zero-order valence-electron chi connectivity index (χ0n) is 14.3. The number of hydrogen-bond acceptors (Lipinski definition) is 4. The predicted molar refractivity (Wildman–Crippen MR) is 92.0 cm³/mol. The van der Waals surface area contributed by atoms with E-state index in [9.17, 15) is 16.8 Å². The van der Waals surface area contributed by atoms with Gasteiger partial charge in [-0.15, -0.1) is 0 Å². The molecule has 5 nitrogen and oxygen atoms in total. The Morgan fingerprint density at radius 1 is 1.13 bits per heavy atom. The van der Waals surface area contributed by atoms with Gasteiger partial charge in [-0.1, -0.05) is 32.9 Å². The highest BCUT2D eigenvalue weighted by molar-refractivity contribution is 7.92. The van der Waals surface area contributed by atoms with E-state index in [1.54, 1.807) is 13.8 Å². The first-order chi connectivity index (χ1) is 10.3. The summed E-state index contributed by atoms with van der Waals surface area (Å²) in [7, 11) is -6.86.